The maximum absolute atomic E-state index is 13.0. The van der Waals surface area contributed by atoms with Gasteiger partial charge in [-0.15, -0.1) is 0 Å². The Kier molecular flexibility index (Phi) is 4.87. The van der Waals surface area contributed by atoms with E-state index in [0.717, 1.165) is 11.1 Å². The number of nitrogens with two attached hydrogens (primary N) is 1. The highest BCUT2D eigenvalue weighted by molar-refractivity contribution is 5.92. The van der Waals surface area contributed by atoms with Crippen LogP contribution in [0.1, 0.15) is 21.7 Å². The minimum absolute atomic E-state index is 0.0662. The Morgan fingerprint density at radius 3 is 2.41 bits per heavy atom. The Labute approximate surface area is 167 Å². The number of carbonyl (C=O) groups excluding carboxylic acids is 1. The van der Waals surface area contributed by atoms with Gasteiger partial charge in [0.15, 0.2) is 0 Å². The largest absolute Gasteiger partial charge is 0.489 e. The third-order valence-corrected chi connectivity index (χ3v) is 4.75. The zero-order valence-electron chi connectivity index (χ0n) is 15.8. The van der Waals surface area contributed by atoms with Crippen molar-refractivity contribution < 1.29 is 13.9 Å². The van der Waals surface area contributed by atoms with E-state index in [1.54, 1.807) is 49.4 Å². The average molecular weight is 385 g/mol. The predicted molar refractivity (Wildman–Crippen MR) is 112 cm³/mol. The molecule has 0 unspecified atom stereocenters. The summed E-state index contributed by atoms with van der Waals surface area (Å²) in [5.74, 6) is 0.687. The van der Waals surface area contributed by atoms with Crippen molar-refractivity contribution in [3.63, 3.8) is 0 Å². The van der Waals surface area contributed by atoms with E-state index in [1.807, 2.05) is 30.3 Å². The molecule has 1 heterocycles. The summed E-state index contributed by atoms with van der Waals surface area (Å²) < 4.78 is 11.7. The summed E-state index contributed by atoms with van der Waals surface area (Å²) in [5, 5.41) is 0.507. The summed E-state index contributed by atoms with van der Waals surface area (Å²) in [6.45, 7) is 2.10. The molecule has 5 nitrogen and oxygen atoms in total. The van der Waals surface area contributed by atoms with Crippen LogP contribution in [0.15, 0.2) is 82.0 Å². The Bertz CT molecular complexity index is 1240. The zero-order valence-corrected chi connectivity index (χ0v) is 15.8. The average Bonchev–Trinajstić information content (AvgIpc) is 2.73. The highest BCUT2D eigenvalue weighted by atomic mass is 16.5. The maximum Gasteiger partial charge on any atom is 0.248 e. The minimum Gasteiger partial charge on any atom is -0.489 e. The van der Waals surface area contributed by atoms with Crippen molar-refractivity contribution in [2.75, 3.05) is 0 Å². The zero-order chi connectivity index (χ0) is 20.4. The van der Waals surface area contributed by atoms with Crippen LogP contribution in [0.25, 0.3) is 22.1 Å². The molecule has 4 rings (SSSR count). The van der Waals surface area contributed by atoms with Gasteiger partial charge in [-0.05, 0) is 42.3 Å². The minimum atomic E-state index is -0.465. The van der Waals surface area contributed by atoms with Crippen LogP contribution >= 0.6 is 0 Å². The molecule has 0 saturated heterocycles. The van der Waals surface area contributed by atoms with E-state index in [9.17, 15) is 9.59 Å². The molecule has 3 aromatic carbocycles. The van der Waals surface area contributed by atoms with Gasteiger partial charge in [-0.3, -0.25) is 9.59 Å². The van der Waals surface area contributed by atoms with Gasteiger partial charge >= 0.3 is 0 Å². The lowest BCUT2D eigenvalue weighted by molar-refractivity contribution is 0.1000. The lowest BCUT2D eigenvalue weighted by Gasteiger charge is -2.10. The summed E-state index contributed by atoms with van der Waals surface area (Å²) in [6.07, 6.45) is 0. The molecule has 4 aromatic rings. The lowest BCUT2D eigenvalue weighted by atomic mass is 10.0. The second-order valence-corrected chi connectivity index (χ2v) is 6.74. The highest BCUT2D eigenvalue weighted by Gasteiger charge is 2.14. The van der Waals surface area contributed by atoms with Gasteiger partial charge in [-0.1, -0.05) is 42.5 Å². The van der Waals surface area contributed by atoms with Crippen LogP contribution in [0, 0.1) is 6.92 Å². The number of ether oxygens (including phenoxy) is 1. The van der Waals surface area contributed by atoms with Crippen LogP contribution in [-0.4, -0.2) is 5.91 Å². The molecule has 1 aromatic heterocycles. The molecule has 0 atom stereocenters. The second kappa shape index (κ2) is 7.64. The third-order valence-electron chi connectivity index (χ3n) is 4.75. The van der Waals surface area contributed by atoms with E-state index in [0.29, 0.717) is 40.2 Å². The molecule has 29 heavy (non-hydrogen) atoms. The molecule has 1 amide bonds. The van der Waals surface area contributed by atoms with Gasteiger partial charge in [0.2, 0.25) is 11.3 Å². The van der Waals surface area contributed by atoms with Gasteiger partial charge in [-0.25, -0.2) is 0 Å². The first-order valence-corrected chi connectivity index (χ1v) is 9.17. The van der Waals surface area contributed by atoms with Crippen molar-refractivity contribution in [2.24, 2.45) is 5.73 Å². The van der Waals surface area contributed by atoms with Crippen LogP contribution in [0.3, 0.4) is 0 Å². The number of aryl methyl sites for hydroxylation is 1. The Morgan fingerprint density at radius 1 is 1.00 bits per heavy atom. The summed E-state index contributed by atoms with van der Waals surface area (Å²) in [4.78, 5) is 24.1. The van der Waals surface area contributed by atoms with Crippen molar-refractivity contribution >= 4 is 16.9 Å². The molecule has 144 valence electrons. The number of hydrogen-bond acceptors (Lipinski definition) is 4. The highest BCUT2D eigenvalue weighted by Crippen LogP contribution is 2.26. The molecule has 0 aliphatic rings. The molecule has 5 heteroatoms. The number of fused-ring (bicyclic) bond motifs is 1. The molecule has 0 aliphatic carbocycles. The second-order valence-electron chi connectivity index (χ2n) is 6.74. The van der Waals surface area contributed by atoms with Gasteiger partial charge in [0.05, 0.1) is 10.9 Å². The summed E-state index contributed by atoms with van der Waals surface area (Å²) in [5.41, 5.74) is 8.41. The van der Waals surface area contributed by atoms with E-state index < -0.39 is 5.91 Å². The van der Waals surface area contributed by atoms with Crippen LogP contribution < -0.4 is 15.9 Å². The van der Waals surface area contributed by atoms with Crippen molar-refractivity contribution in [1.82, 2.24) is 0 Å². The number of rotatable bonds is 5. The molecule has 0 spiro atoms. The molecule has 0 aliphatic heterocycles. The number of carbonyl (C=O) groups is 1. The molecule has 0 fully saturated rings. The monoisotopic (exact) mass is 385 g/mol. The summed E-state index contributed by atoms with van der Waals surface area (Å²) in [7, 11) is 0. The molecular formula is C24H19NO4. The van der Waals surface area contributed by atoms with Gasteiger partial charge in [0, 0.05) is 11.6 Å². The van der Waals surface area contributed by atoms with Crippen molar-refractivity contribution in [1.29, 1.82) is 0 Å². The Hall–Kier alpha value is -3.86. The van der Waals surface area contributed by atoms with E-state index in [4.69, 9.17) is 14.9 Å². The fourth-order valence-corrected chi connectivity index (χ4v) is 3.25. The number of amides is 1. The smallest absolute Gasteiger partial charge is 0.248 e. The Morgan fingerprint density at radius 2 is 1.72 bits per heavy atom. The molecular weight excluding hydrogens is 366 g/mol. The maximum atomic E-state index is 13.0. The topological polar surface area (TPSA) is 82.5 Å². The molecule has 0 saturated carbocycles. The fraction of sp³-hybridized carbons (Fsp3) is 0.0833. The first-order chi connectivity index (χ1) is 14.0. The fourth-order valence-electron chi connectivity index (χ4n) is 3.25. The van der Waals surface area contributed by atoms with Crippen molar-refractivity contribution in [3.8, 4) is 16.9 Å². The van der Waals surface area contributed by atoms with E-state index in [-0.39, 0.29) is 5.43 Å². The van der Waals surface area contributed by atoms with Crippen molar-refractivity contribution in [2.45, 2.75) is 13.5 Å². The van der Waals surface area contributed by atoms with Gasteiger partial charge < -0.3 is 14.9 Å². The van der Waals surface area contributed by atoms with Gasteiger partial charge in [-0.2, -0.15) is 0 Å². The Balaban J connectivity index is 1.61. The number of benzene rings is 3. The van der Waals surface area contributed by atoms with Gasteiger partial charge in [0.25, 0.3) is 0 Å². The third kappa shape index (κ3) is 3.75. The number of hydrogen-bond donors (Lipinski definition) is 1. The molecule has 0 radical (unpaired) electrons. The van der Waals surface area contributed by atoms with Gasteiger partial charge in [0.1, 0.15) is 23.7 Å². The SMILES string of the molecule is Cc1oc2cc(OCc3ccc(C(N)=O)cc3)ccc2c(=O)c1-c1ccccc1. The van der Waals surface area contributed by atoms with Crippen LogP contribution in [0.2, 0.25) is 0 Å². The lowest BCUT2D eigenvalue weighted by Crippen LogP contribution is -2.10. The molecule has 0 bridgehead atoms. The first kappa shape index (κ1) is 18.5. The summed E-state index contributed by atoms with van der Waals surface area (Å²) in [6, 6.07) is 21.6. The normalized spacial score (nSPS) is 10.8. The van der Waals surface area contributed by atoms with Crippen molar-refractivity contribution in [3.05, 3.63) is 99.9 Å². The predicted octanol–water partition coefficient (Wildman–Crippen LogP) is 4.45. The van der Waals surface area contributed by atoms with E-state index in [1.165, 1.54) is 0 Å². The van der Waals surface area contributed by atoms with Crippen LogP contribution in [0.4, 0.5) is 0 Å². The standard InChI is InChI=1S/C24H19NO4/c1-15-22(17-5-3-2-4-6-17)23(26)20-12-11-19(13-21(20)29-15)28-14-16-7-9-18(10-8-16)24(25)27/h2-13H,14H2,1H3,(H2,25,27). The quantitative estimate of drug-likeness (QED) is 0.550. The van der Waals surface area contributed by atoms with Crippen LogP contribution in [0.5, 0.6) is 5.75 Å². The summed E-state index contributed by atoms with van der Waals surface area (Å²) >= 11 is 0. The number of primary amides is 1. The van der Waals surface area contributed by atoms with Crippen LogP contribution in [-0.2, 0) is 6.61 Å². The van der Waals surface area contributed by atoms with E-state index in [2.05, 4.69) is 0 Å². The van der Waals surface area contributed by atoms with E-state index >= 15 is 0 Å². The molecule has 2 N–H and O–H groups in total. The first-order valence-electron chi connectivity index (χ1n) is 9.17.